The van der Waals surface area contributed by atoms with Gasteiger partial charge in [0.15, 0.2) is 0 Å². The molecule has 0 radical (unpaired) electrons. The van der Waals surface area contributed by atoms with Crippen LogP contribution >= 0.6 is 27.3 Å². The molecule has 0 fully saturated rings. The molecule has 0 aliphatic carbocycles. The molecule has 0 unspecified atom stereocenters. The van der Waals surface area contributed by atoms with Crippen molar-refractivity contribution in [2.45, 2.75) is 19.6 Å². The number of hydrogen-bond acceptors (Lipinski definition) is 3. The van der Waals surface area contributed by atoms with Crippen LogP contribution in [0.25, 0.3) is 0 Å². The summed E-state index contributed by atoms with van der Waals surface area (Å²) in [5, 5.41) is 11.4. The summed E-state index contributed by atoms with van der Waals surface area (Å²) in [5.74, 6) is 0.815. The molecule has 1 aromatic carbocycles. The van der Waals surface area contributed by atoms with Gasteiger partial charge in [0.2, 0.25) is 0 Å². The number of aliphatic hydroxyl groups is 1. The Morgan fingerprint density at radius 2 is 2.00 bits per heavy atom. The molecule has 0 saturated carbocycles. The lowest BCUT2D eigenvalue weighted by molar-refractivity contribution is 0.199. The van der Waals surface area contributed by atoms with Crippen molar-refractivity contribution in [3.8, 4) is 5.75 Å². The summed E-state index contributed by atoms with van der Waals surface area (Å²) in [6, 6.07) is 9.53. The van der Waals surface area contributed by atoms with Crippen LogP contribution in [0.2, 0.25) is 0 Å². The first-order chi connectivity index (χ1) is 8.16. The minimum absolute atomic E-state index is 0.435. The van der Waals surface area contributed by atoms with Crippen LogP contribution in [0, 0.1) is 0 Å². The van der Waals surface area contributed by atoms with Gasteiger partial charge >= 0.3 is 0 Å². The molecule has 0 saturated heterocycles. The second-order valence-electron chi connectivity index (χ2n) is 3.73. The first kappa shape index (κ1) is 12.6. The molecule has 0 spiro atoms. The predicted octanol–water partition coefficient (Wildman–Crippen LogP) is 4.14. The van der Waals surface area contributed by atoms with Gasteiger partial charge < -0.3 is 9.84 Å². The van der Waals surface area contributed by atoms with E-state index >= 15 is 0 Å². The Bertz CT molecular complexity index is 476. The van der Waals surface area contributed by atoms with E-state index in [1.165, 1.54) is 4.88 Å². The lowest BCUT2D eigenvalue weighted by Crippen LogP contribution is -1.95. The van der Waals surface area contributed by atoms with Gasteiger partial charge in [0.1, 0.15) is 12.4 Å². The Morgan fingerprint density at radius 3 is 2.53 bits per heavy atom. The normalized spacial score (nSPS) is 12.4. The average molecular weight is 313 g/mol. The van der Waals surface area contributed by atoms with Crippen molar-refractivity contribution in [1.29, 1.82) is 0 Å². The Kier molecular flexibility index (Phi) is 4.20. The highest BCUT2D eigenvalue weighted by atomic mass is 79.9. The van der Waals surface area contributed by atoms with Gasteiger partial charge in [0, 0.05) is 4.47 Å². The summed E-state index contributed by atoms with van der Waals surface area (Å²) >= 11 is 5.13. The fourth-order valence-corrected chi connectivity index (χ4v) is 2.80. The molecule has 17 heavy (non-hydrogen) atoms. The van der Waals surface area contributed by atoms with Gasteiger partial charge in [-0.05, 0) is 52.0 Å². The SMILES string of the molecule is C[C@@H](O)c1ccc(OCc2sccc2Br)cc1. The molecule has 1 atom stereocenters. The second kappa shape index (κ2) is 5.67. The Labute approximate surface area is 113 Å². The van der Waals surface area contributed by atoms with E-state index in [0.717, 1.165) is 15.8 Å². The second-order valence-corrected chi connectivity index (χ2v) is 5.58. The van der Waals surface area contributed by atoms with Crippen LogP contribution in [0.15, 0.2) is 40.2 Å². The van der Waals surface area contributed by atoms with E-state index in [1.54, 1.807) is 18.3 Å². The smallest absolute Gasteiger partial charge is 0.124 e. The van der Waals surface area contributed by atoms with Crippen molar-refractivity contribution < 1.29 is 9.84 Å². The molecule has 2 aromatic rings. The van der Waals surface area contributed by atoms with E-state index < -0.39 is 6.10 Å². The van der Waals surface area contributed by atoms with E-state index in [0.29, 0.717) is 6.61 Å². The number of aliphatic hydroxyl groups excluding tert-OH is 1. The number of ether oxygens (including phenoxy) is 1. The topological polar surface area (TPSA) is 29.5 Å². The van der Waals surface area contributed by atoms with Crippen LogP contribution in [0.4, 0.5) is 0 Å². The summed E-state index contributed by atoms with van der Waals surface area (Å²) in [6.07, 6.45) is -0.435. The highest BCUT2D eigenvalue weighted by Gasteiger charge is 2.03. The monoisotopic (exact) mass is 312 g/mol. The van der Waals surface area contributed by atoms with Crippen molar-refractivity contribution in [1.82, 2.24) is 0 Å². The number of thiophene rings is 1. The van der Waals surface area contributed by atoms with Crippen LogP contribution in [-0.2, 0) is 6.61 Å². The third kappa shape index (κ3) is 3.31. The Balaban J connectivity index is 1.98. The third-order valence-corrected chi connectivity index (χ3v) is 4.32. The van der Waals surface area contributed by atoms with Crippen molar-refractivity contribution in [2.75, 3.05) is 0 Å². The molecule has 4 heteroatoms. The van der Waals surface area contributed by atoms with Crippen molar-refractivity contribution in [3.05, 3.63) is 50.6 Å². The van der Waals surface area contributed by atoms with Crippen LogP contribution < -0.4 is 4.74 Å². The minimum Gasteiger partial charge on any atom is -0.488 e. The number of halogens is 1. The largest absolute Gasteiger partial charge is 0.488 e. The third-order valence-electron chi connectivity index (χ3n) is 2.42. The molecule has 90 valence electrons. The van der Waals surface area contributed by atoms with Gasteiger partial charge in [-0.3, -0.25) is 0 Å². The maximum absolute atomic E-state index is 9.39. The molecule has 1 heterocycles. The standard InChI is InChI=1S/C13H13BrO2S/c1-9(15)10-2-4-11(5-3-10)16-8-13-12(14)6-7-17-13/h2-7,9,15H,8H2,1H3/t9-/m1/s1. The van der Waals surface area contributed by atoms with Crippen LogP contribution in [-0.4, -0.2) is 5.11 Å². The van der Waals surface area contributed by atoms with Crippen molar-refractivity contribution >= 4 is 27.3 Å². The molecular weight excluding hydrogens is 300 g/mol. The van der Waals surface area contributed by atoms with Crippen LogP contribution in [0.1, 0.15) is 23.5 Å². The van der Waals surface area contributed by atoms with Gasteiger partial charge in [0.25, 0.3) is 0 Å². The highest BCUT2D eigenvalue weighted by Crippen LogP contribution is 2.25. The van der Waals surface area contributed by atoms with Crippen molar-refractivity contribution in [3.63, 3.8) is 0 Å². The zero-order chi connectivity index (χ0) is 12.3. The molecule has 0 amide bonds. The average Bonchev–Trinajstić information content (AvgIpc) is 2.73. The first-order valence-electron chi connectivity index (χ1n) is 5.29. The van der Waals surface area contributed by atoms with Crippen LogP contribution in [0.5, 0.6) is 5.75 Å². The lowest BCUT2D eigenvalue weighted by Gasteiger charge is -2.08. The van der Waals surface area contributed by atoms with E-state index in [4.69, 9.17) is 4.74 Å². The molecule has 1 aromatic heterocycles. The van der Waals surface area contributed by atoms with Gasteiger partial charge in [-0.15, -0.1) is 11.3 Å². The maximum atomic E-state index is 9.39. The molecule has 0 aliphatic rings. The number of benzene rings is 1. The summed E-state index contributed by atoms with van der Waals surface area (Å²) < 4.78 is 6.75. The van der Waals surface area contributed by atoms with E-state index in [1.807, 2.05) is 35.7 Å². The zero-order valence-corrected chi connectivity index (χ0v) is 11.8. The summed E-state index contributed by atoms with van der Waals surface area (Å²) in [4.78, 5) is 1.17. The quantitative estimate of drug-likeness (QED) is 0.919. The summed E-state index contributed by atoms with van der Waals surface area (Å²) in [7, 11) is 0. The molecular formula is C13H13BrO2S. The number of rotatable bonds is 4. The molecule has 2 rings (SSSR count). The van der Waals surface area contributed by atoms with Gasteiger partial charge in [0.05, 0.1) is 11.0 Å². The zero-order valence-electron chi connectivity index (χ0n) is 9.39. The molecule has 2 nitrogen and oxygen atoms in total. The van der Waals surface area contributed by atoms with E-state index in [9.17, 15) is 5.11 Å². The number of hydrogen-bond donors (Lipinski definition) is 1. The molecule has 0 aliphatic heterocycles. The maximum Gasteiger partial charge on any atom is 0.124 e. The van der Waals surface area contributed by atoms with Gasteiger partial charge in [-0.2, -0.15) is 0 Å². The Morgan fingerprint density at radius 1 is 1.29 bits per heavy atom. The summed E-state index contributed by atoms with van der Waals surface area (Å²) in [5.41, 5.74) is 0.898. The van der Waals surface area contributed by atoms with Crippen LogP contribution in [0.3, 0.4) is 0 Å². The summed E-state index contributed by atoms with van der Waals surface area (Å²) in [6.45, 7) is 2.31. The van der Waals surface area contributed by atoms with E-state index in [2.05, 4.69) is 15.9 Å². The fourth-order valence-electron chi connectivity index (χ4n) is 1.42. The lowest BCUT2D eigenvalue weighted by atomic mass is 10.1. The molecule has 0 bridgehead atoms. The van der Waals surface area contributed by atoms with Crippen molar-refractivity contribution in [2.24, 2.45) is 0 Å². The van der Waals surface area contributed by atoms with E-state index in [-0.39, 0.29) is 0 Å². The highest BCUT2D eigenvalue weighted by molar-refractivity contribution is 9.10. The predicted molar refractivity (Wildman–Crippen MR) is 73.4 cm³/mol. The molecule has 1 N–H and O–H groups in total. The minimum atomic E-state index is -0.435. The Hall–Kier alpha value is -0.840. The first-order valence-corrected chi connectivity index (χ1v) is 6.97. The van der Waals surface area contributed by atoms with Gasteiger partial charge in [-0.25, -0.2) is 0 Å². The van der Waals surface area contributed by atoms with Gasteiger partial charge in [-0.1, -0.05) is 12.1 Å². The fraction of sp³-hybridized carbons (Fsp3) is 0.231.